The third-order valence-electron chi connectivity index (χ3n) is 8.17. The standard InChI is InChI=1S/C30H40F2N6O2/c1-20-7-11-25-22(6-4-14-33-25)9-8-21(20)5-2-3-15-38(19-28(31)32)16-13-27-30(39)40-23-10-12-26(36-27)24-18-35-37-29(24)34-17-23/h8-9,17-18,27-28,33H,2-7,10-16,19H2,1H3,(H2,34,35,37)/b9-8-,21-20+,23-17-,36-26?/t27-/m0/s1. The number of nitrogens with one attached hydrogen (secondary N) is 3. The lowest BCUT2D eigenvalue weighted by Gasteiger charge is -2.25. The molecule has 0 saturated heterocycles. The maximum absolute atomic E-state index is 13.5. The number of anilines is 1. The number of H-pyrrole nitrogens is 1. The molecular formula is C30H40F2N6O2. The van der Waals surface area contributed by atoms with Gasteiger partial charge in [0.1, 0.15) is 17.6 Å². The molecule has 3 aliphatic heterocycles. The van der Waals surface area contributed by atoms with Crippen LogP contribution in [0.5, 0.6) is 0 Å². The number of aliphatic imine (C=N–C) groups is 1. The Balaban J connectivity index is 1.18. The van der Waals surface area contributed by atoms with Gasteiger partial charge in [-0.3, -0.25) is 15.0 Å². The molecule has 4 heterocycles. The van der Waals surface area contributed by atoms with Gasteiger partial charge in [0.05, 0.1) is 18.3 Å². The number of rotatable bonds is 10. The van der Waals surface area contributed by atoms with Crippen LogP contribution in [-0.2, 0) is 9.53 Å². The van der Waals surface area contributed by atoms with Crippen LogP contribution in [0.4, 0.5) is 14.6 Å². The van der Waals surface area contributed by atoms with E-state index in [1.54, 1.807) is 17.3 Å². The highest BCUT2D eigenvalue weighted by Crippen LogP contribution is 2.28. The summed E-state index contributed by atoms with van der Waals surface area (Å²) in [5.41, 5.74) is 7.18. The summed E-state index contributed by atoms with van der Waals surface area (Å²) < 4.78 is 32.5. The van der Waals surface area contributed by atoms with E-state index in [4.69, 9.17) is 9.73 Å². The normalized spacial score (nSPS) is 25.1. The number of hydrogen-bond donors (Lipinski definition) is 3. The molecule has 0 fully saturated rings. The number of fused-ring (bicyclic) bond motifs is 5. The Morgan fingerprint density at radius 2 is 2.02 bits per heavy atom. The van der Waals surface area contributed by atoms with Gasteiger partial charge in [-0.05, 0) is 82.4 Å². The van der Waals surface area contributed by atoms with Gasteiger partial charge in [0.15, 0.2) is 0 Å². The van der Waals surface area contributed by atoms with Gasteiger partial charge in [0.2, 0.25) is 0 Å². The van der Waals surface area contributed by atoms with Crippen molar-refractivity contribution in [3.05, 3.63) is 58.3 Å². The summed E-state index contributed by atoms with van der Waals surface area (Å²) in [6.07, 6.45) is 14.0. The van der Waals surface area contributed by atoms with Crippen LogP contribution in [0, 0.1) is 0 Å². The zero-order valence-electron chi connectivity index (χ0n) is 23.3. The Morgan fingerprint density at radius 3 is 2.90 bits per heavy atom. The van der Waals surface area contributed by atoms with Gasteiger partial charge in [-0.1, -0.05) is 17.7 Å². The SMILES string of the molecule is C/C1=C(CCCCN(CC[C@@H]2N=C3CC/C(=C/Nc4[nH]ncc43)OC2=O)CC(F)F)\C=C/C2=C(CC1)NCCC2. The second kappa shape index (κ2) is 13.4. The number of halogens is 2. The quantitative estimate of drug-likeness (QED) is 0.257. The maximum Gasteiger partial charge on any atom is 0.336 e. The fourth-order valence-corrected chi connectivity index (χ4v) is 5.83. The van der Waals surface area contributed by atoms with E-state index in [-0.39, 0.29) is 6.54 Å². The first-order valence-electron chi connectivity index (χ1n) is 14.6. The van der Waals surface area contributed by atoms with Gasteiger partial charge in [0, 0.05) is 37.1 Å². The molecule has 10 heteroatoms. The Labute approximate surface area is 234 Å². The van der Waals surface area contributed by atoms with Crippen LogP contribution in [0.1, 0.15) is 76.7 Å². The molecule has 1 aliphatic carbocycles. The molecule has 4 aliphatic rings. The summed E-state index contributed by atoms with van der Waals surface area (Å²) in [6, 6.07) is -0.749. The Bertz CT molecular complexity index is 1230. The smallest absolute Gasteiger partial charge is 0.336 e. The molecule has 0 spiro atoms. The maximum atomic E-state index is 13.5. The highest BCUT2D eigenvalue weighted by atomic mass is 19.3. The molecule has 0 unspecified atom stereocenters. The largest absolute Gasteiger partial charge is 0.428 e. The topological polar surface area (TPSA) is 94.6 Å². The van der Waals surface area contributed by atoms with Gasteiger partial charge in [0.25, 0.3) is 6.43 Å². The number of carbonyl (C=O) groups excluding carboxylic acids is 1. The number of hydrogen-bond acceptors (Lipinski definition) is 7. The predicted molar refractivity (Wildman–Crippen MR) is 152 cm³/mol. The number of esters is 1. The zero-order valence-corrected chi connectivity index (χ0v) is 23.3. The van der Waals surface area contributed by atoms with E-state index in [1.807, 2.05) is 0 Å². The number of carbonyl (C=O) groups is 1. The minimum absolute atomic E-state index is 0.315. The fourth-order valence-electron chi connectivity index (χ4n) is 5.83. The van der Waals surface area contributed by atoms with Crippen molar-refractivity contribution in [3.63, 3.8) is 0 Å². The third kappa shape index (κ3) is 7.27. The van der Waals surface area contributed by atoms with Gasteiger partial charge < -0.3 is 15.4 Å². The lowest BCUT2D eigenvalue weighted by Crippen LogP contribution is -2.35. The first kappa shape index (κ1) is 28.3. The molecule has 1 aromatic rings. The molecule has 5 rings (SSSR count). The Hall–Kier alpha value is -3.27. The van der Waals surface area contributed by atoms with E-state index in [1.165, 1.54) is 28.8 Å². The summed E-state index contributed by atoms with van der Waals surface area (Å²) in [4.78, 5) is 19.4. The van der Waals surface area contributed by atoms with Crippen molar-refractivity contribution in [2.45, 2.75) is 83.6 Å². The molecule has 40 heavy (non-hydrogen) atoms. The molecule has 216 valence electrons. The van der Waals surface area contributed by atoms with Crippen molar-refractivity contribution in [2.75, 3.05) is 31.5 Å². The number of nitrogens with zero attached hydrogens (tertiary/aromatic N) is 3. The fraction of sp³-hybridized carbons (Fsp3) is 0.567. The summed E-state index contributed by atoms with van der Waals surface area (Å²) in [6.45, 7) is 3.86. The van der Waals surface area contributed by atoms with Crippen molar-refractivity contribution in [1.82, 2.24) is 20.4 Å². The van der Waals surface area contributed by atoms with E-state index in [0.717, 1.165) is 56.3 Å². The van der Waals surface area contributed by atoms with E-state index in [2.05, 4.69) is 39.9 Å². The summed E-state index contributed by atoms with van der Waals surface area (Å²) in [7, 11) is 0. The van der Waals surface area contributed by atoms with E-state index < -0.39 is 18.4 Å². The molecule has 0 saturated carbocycles. The van der Waals surface area contributed by atoms with Crippen molar-refractivity contribution >= 4 is 17.5 Å². The number of alkyl halides is 2. The molecule has 1 aromatic heterocycles. The summed E-state index contributed by atoms with van der Waals surface area (Å²) >= 11 is 0. The van der Waals surface area contributed by atoms with Gasteiger partial charge in [-0.15, -0.1) is 0 Å². The van der Waals surface area contributed by atoms with Gasteiger partial charge >= 0.3 is 5.97 Å². The number of aromatic nitrogens is 2. The minimum Gasteiger partial charge on any atom is -0.428 e. The lowest BCUT2D eigenvalue weighted by atomic mass is 9.91. The molecule has 0 radical (unpaired) electrons. The second-order valence-electron chi connectivity index (χ2n) is 11.0. The number of aromatic amines is 1. The number of ether oxygens (including phenoxy) is 1. The predicted octanol–water partition coefficient (Wildman–Crippen LogP) is 5.60. The molecule has 2 bridgehead atoms. The number of allylic oxidation sites excluding steroid dienone is 7. The van der Waals surface area contributed by atoms with Crippen LogP contribution >= 0.6 is 0 Å². The van der Waals surface area contributed by atoms with Crippen LogP contribution in [0.15, 0.2) is 57.7 Å². The van der Waals surface area contributed by atoms with E-state index >= 15 is 0 Å². The van der Waals surface area contributed by atoms with Crippen molar-refractivity contribution < 1.29 is 18.3 Å². The summed E-state index contributed by atoms with van der Waals surface area (Å²) in [5, 5.41) is 13.6. The molecule has 0 amide bonds. The zero-order chi connectivity index (χ0) is 27.9. The highest BCUT2D eigenvalue weighted by Gasteiger charge is 2.28. The monoisotopic (exact) mass is 554 g/mol. The lowest BCUT2D eigenvalue weighted by molar-refractivity contribution is -0.141. The van der Waals surface area contributed by atoms with Crippen molar-refractivity contribution in [2.24, 2.45) is 4.99 Å². The van der Waals surface area contributed by atoms with Crippen molar-refractivity contribution in [1.29, 1.82) is 0 Å². The molecule has 0 aromatic carbocycles. The van der Waals surface area contributed by atoms with Crippen molar-refractivity contribution in [3.8, 4) is 0 Å². The van der Waals surface area contributed by atoms with Gasteiger partial charge in [-0.2, -0.15) is 5.10 Å². The van der Waals surface area contributed by atoms with E-state index in [9.17, 15) is 13.6 Å². The minimum atomic E-state index is -2.44. The summed E-state index contributed by atoms with van der Waals surface area (Å²) in [5.74, 6) is 0.787. The molecule has 1 atom stereocenters. The first-order valence-corrected chi connectivity index (χ1v) is 14.6. The molecular weight excluding hydrogens is 514 g/mol. The Kier molecular flexibility index (Phi) is 9.46. The number of unbranched alkanes of at least 4 members (excludes halogenated alkanes) is 1. The average Bonchev–Trinajstić information content (AvgIpc) is 3.38. The van der Waals surface area contributed by atoms with Crippen LogP contribution in [0.2, 0.25) is 0 Å². The third-order valence-corrected chi connectivity index (χ3v) is 8.17. The molecule has 3 N–H and O–H groups in total. The van der Waals surface area contributed by atoms with Crippen LogP contribution in [0.25, 0.3) is 0 Å². The highest BCUT2D eigenvalue weighted by molar-refractivity contribution is 6.06. The average molecular weight is 555 g/mol. The van der Waals surface area contributed by atoms with Crippen LogP contribution < -0.4 is 10.6 Å². The first-order chi connectivity index (χ1) is 19.5. The molecule has 8 nitrogen and oxygen atoms in total. The Morgan fingerprint density at radius 1 is 1.12 bits per heavy atom. The second-order valence-corrected chi connectivity index (χ2v) is 11.0. The van der Waals surface area contributed by atoms with Crippen LogP contribution in [-0.4, -0.2) is 65.4 Å². The van der Waals surface area contributed by atoms with E-state index in [0.29, 0.717) is 43.9 Å². The van der Waals surface area contributed by atoms with Crippen LogP contribution in [0.3, 0.4) is 0 Å². The van der Waals surface area contributed by atoms with Gasteiger partial charge in [-0.25, -0.2) is 13.6 Å².